The molecule has 0 bridgehead atoms. The minimum absolute atomic E-state index is 0.0200. The molecule has 0 unspecified atom stereocenters. The molecule has 3 aromatic carbocycles. The van der Waals surface area contributed by atoms with Gasteiger partial charge in [-0.2, -0.15) is 0 Å². The molecule has 0 spiro atoms. The van der Waals surface area contributed by atoms with Gasteiger partial charge in [0.05, 0.1) is 5.56 Å². The monoisotopic (exact) mass is 490 g/mol. The molecule has 0 radical (unpaired) electrons. The van der Waals surface area contributed by atoms with Crippen LogP contribution in [0.3, 0.4) is 0 Å². The van der Waals surface area contributed by atoms with Gasteiger partial charge in [-0.05, 0) is 71.4 Å². The second-order valence-electron chi connectivity index (χ2n) is 10.2. The van der Waals surface area contributed by atoms with E-state index in [0.717, 1.165) is 36.0 Å². The smallest absolute Gasteiger partial charge is 0.261 e. The molecule has 0 saturated heterocycles. The number of nitrogens with zero attached hydrogens (tertiary/aromatic N) is 1. The molecule has 0 saturated carbocycles. The molecular formula is C35H40NO+. The van der Waals surface area contributed by atoms with E-state index in [1.165, 1.54) is 28.1 Å². The number of aryl methyl sites for hydroxylation is 2. The number of likely N-dealkylation sites (N-methyl/N-ethyl adjacent to an activating group) is 1. The van der Waals surface area contributed by atoms with Gasteiger partial charge in [0.1, 0.15) is 0 Å². The van der Waals surface area contributed by atoms with Gasteiger partial charge in [0, 0.05) is 29.9 Å². The van der Waals surface area contributed by atoms with Gasteiger partial charge in [0.25, 0.3) is 5.76 Å². The maximum Gasteiger partial charge on any atom is 0.261 e. The average molecular weight is 491 g/mol. The molecule has 2 N–H and O–H groups in total. The summed E-state index contributed by atoms with van der Waals surface area (Å²) in [6.07, 6.45) is 13.7. The van der Waals surface area contributed by atoms with Crippen molar-refractivity contribution in [2.24, 2.45) is 0 Å². The zero-order valence-electron chi connectivity index (χ0n) is 22.9. The summed E-state index contributed by atoms with van der Waals surface area (Å²) in [4.78, 5) is 2.30. The lowest BCUT2D eigenvalue weighted by atomic mass is 9.84. The quantitative estimate of drug-likeness (QED) is 0.177. The van der Waals surface area contributed by atoms with Crippen LogP contribution in [0.5, 0.6) is 0 Å². The Balaban J connectivity index is 1.58. The summed E-state index contributed by atoms with van der Waals surface area (Å²) < 4.78 is 0. The van der Waals surface area contributed by atoms with E-state index in [-0.39, 0.29) is 5.41 Å². The number of fused-ring (bicyclic) bond motifs is 1. The van der Waals surface area contributed by atoms with Gasteiger partial charge in [-0.25, -0.2) is 0 Å². The zero-order chi connectivity index (χ0) is 26.4. The standard InChI is InChI=1S/C35H39NO/c1-6-26-17-21-28(22-18-26)30(25-33(37)29-23-19-27(7-2)20-24-29)13-9-8-10-16-34-35(3,4)31-14-11-12-15-32(31)36(34)5/h8,10-25,37H,6-7,9H2,1-5H3/p+1/b10-8+,30-13+,33-25-,34-16+. The van der Waals surface area contributed by atoms with E-state index in [1.54, 1.807) is 0 Å². The lowest BCUT2D eigenvalue weighted by Crippen LogP contribution is -2.22. The van der Waals surface area contributed by atoms with Crippen LogP contribution in [0.1, 0.15) is 61.9 Å². The summed E-state index contributed by atoms with van der Waals surface area (Å²) in [5.74, 6) is 0.534. The van der Waals surface area contributed by atoms with Gasteiger partial charge < -0.3 is 10.0 Å². The summed E-state index contributed by atoms with van der Waals surface area (Å²) in [5.41, 5.74) is 9.72. The molecule has 0 amide bonds. The highest BCUT2D eigenvalue weighted by molar-refractivity contribution is 5.81. The maximum atomic E-state index is 8.75. The largest absolute Gasteiger partial charge is 0.593 e. The number of para-hydroxylation sites is 1. The van der Waals surface area contributed by atoms with Crippen molar-refractivity contribution >= 4 is 17.0 Å². The van der Waals surface area contributed by atoms with Crippen LogP contribution in [0.25, 0.3) is 11.3 Å². The van der Waals surface area contributed by atoms with Crippen molar-refractivity contribution in [1.29, 1.82) is 0 Å². The van der Waals surface area contributed by atoms with Crippen molar-refractivity contribution in [1.82, 2.24) is 0 Å². The first kappa shape index (κ1) is 26.3. The van der Waals surface area contributed by atoms with E-state index in [2.05, 4.69) is 137 Å². The molecule has 4 rings (SSSR count). The van der Waals surface area contributed by atoms with E-state index in [0.29, 0.717) is 5.76 Å². The van der Waals surface area contributed by atoms with Gasteiger partial charge in [-0.1, -0.05) is 101 Å². The van der Waals surface area contributed by atoms with E-state index in [4.69, 9.17) is 5.11 Å². The summed E-state index contributed by atoms with van der Waals surface area (Å²) in [6.45, 7) is 8.91. The topological polar surface area (TPSA) is 26.1 Å². The second-order valence-corrected chi connectivity index (χ2v) is 10.2. The Morgan fingerprint density at radius 1 is 0.838 bits per heavy atom. The summed E-state index contributed by atoms with van der Waals surface area (Å²) in [6, 6.07) is 25.7. The molecule has 3 aromatic rings. The van der Waals surface area contributed by atoms with Crippen LogP contribution < -0.4 is 4.90 Å². The second kappa shape index (κ2) is 11.5. The SMILES string of the molecule is CCc1ccc(/C([OH2+])=C/C(=C\C/C=C/C=C2/N(C)c3ccccc3C2(C)C)c2ccc(CC)cc2)cc1. The van der Waals surface area contributed by atoms with Gasteiger partial charge >= 0.3 is 0 Å². The number of rotatable bonds is 8. The van der Waals surface area contributed by atoms with Crippen LogP contribution in [-0.4, -0.2) is 12.2 Å². The van der Waals surface area contributed by atoms with Gasteiger partial charge in [-0.15, -0.1) is 0 Å². The highest BCUT2D eigenvalue weighted by atomic mass is 16.3. The number of anilines is 1. The van der Waals surface area contributed by atoms with Crippen molar-refractivity contribution < 1.29 is 5.11 Å². The fraction of sp³-hybridized carbons (Fsp3) is 0.257. The molecule has 2 nitrogen and oxygen atoms in total. The first-order valence-corrected chi connectivity index (χ1v) is 13.4. The predicted molar refractivity (Wildman–Crippen MR) is 161 cm³/mol. The Labute approximate surface area is 223 Å². The van der Waals surface area contributed by atoms with E-state index in [9.17, 15) is 0 Å². The van der Waals surface area contributed by atoms with E-state index >= 15 is 0 Å². The van der Waals surface area contributed by atoms with Crippen LogP contribution in [0, 0.1) is 0 Å². The average Bonchev–Trinajstić information content (AvgIpc) is 3.12. The Hall–Kier alpha value is -3.78. The molecule has 0 fully saturated rings. The molecule has 1 aliphatic heterocycles. The minimum atomic E-state index is -0.0200. The first-order chi connectivity index (χ1) is 17.8. The van der Waals surface area contributed by atoms with Crippen LogP contribution in [0.15, 0.2) is 109 Å². The Kier molecular flexibility index (Phi) is 8.18. The molecule has 190 valence electrons. The molecular weight excluding hydrogens is 450 g/mol. The Morgan fingerprint density at radius 2 is 1.43 bits per heavy atom. The lowest BCUT2D eigenvalue weighted by molar-refractivity contribution is 0.512. The first-order valence-electron chi connectivity index (χ1n) is 13.4. The highest BCUT2D eigenvalue weighted by Gasteiger charge is 2.37. The van der Waals surface area contributed by atoms with Gasteiger partial charge in [0.15, 0.2) is 0 Å². The van der Waals surface area contributed by atoms with Gasteiger partial charge in [-0.3, -0.25) is 0 Å². The third-order valence-corrected chi connectivity index (χ3v) is 7.47. The van der Waals surface area contributed by atoms with Crippen LogP contribution in [-0.2, 0) is 18.3 Å². The number of benzene rings is 3. The molecule has 1 heterocycles. The van der Waals surface area contributed by atoms with Crippen molar-refractivity contribution in [2.45, 2.75) is 52.4 Å². The lowest BCUT2D eigenvalue weighted by Gasteiger charge is -2.23. The number of hydrogen-bond acceptors (Lipinski definition) is 1. The molecule has 0 aromatic heterocycles. The Morgan fingerprint density at radius 3 is 2.03 bits per heavy atom. The molecule has 2 heteroatoms. The highest BCUT2D eigenvalue weighted by Crippen LogP contribution is 2.46. The van der Waals surface area contributed by atoms with E-state index in [1.807, 2.05) is 6.08 Å². The third-order valence-electron chi connectivity index (χ3n) is 7.47. The fourth-order valence-corrected chi connectivity index (χ4v) is 5.09. The summed E-state index contributed by atoms with van der Waals surface area (Å²) >= 11 is 0. The fourth-order valence-electron chi connectivity index (χ4n) is 5.09. The zero-order valence-corrected chi connectivity index (χ0v) is 22.9. The van der Waals surface area contributed by atoms with Crippen LogP contribution in [0.2, 0.25) is 0 Å². The molecule has 1 aliphatic rings. The molecule has 0 atom stereocenters. The maximum absolute atomic E-state index is 8.75. The van der Waals surface area contributed by atoms with Crippen molar-refractivity contribution in [3.8, 4) is 0 Å². The number of allylic oxidation sites excluding steroid dienone is 7. The van der Waals surface area contributed by atoms with Crippen molar-refractivity contribution in [3.63, 3.8) is 0 Å². The molecule has 0 aliphatic carbocycles. The van der Waals surface area contributed by atoms with E-state index < -0.39 is 0 Å². The Bertz CT molecular complexity index is 1330. The summed E-state index contributed by atoms with van der Waals surface area (Å²) in [5, 5.41) is 8.75. The molecule has 37 heavy (non-hydrogen) atoms. The normalized spacial score (nSPS) is 16.6. The van der Waals surface area contributed by atoms with Crippen molar-refractivity contribution in [3.05, 3.63) is 137 Å². The van der Waals surface area contributed by atoms with Crippen LogP contribution >= 0.6 is 0 Å². The number of hydrogen-bond donors (Lipinski definition) is 0. The third kappa shape index (κ3) is 5.80. The summed E-state index contributed by atoms with van der Waals surface area (Å²) in [7, 11) is 2.15. The van der Waals surface area contributed by atoms with Gasteiger partial charge in [0.2, 0.25) is 0 Å². The van der Waals surface area contributed by atoms with Crippen molar-refractivity contribution in [2.75, 3.05) is 11.9 Å². The minimum Gasteiger partial charge on any atom is -0.593 e. The predicted octanol–water partition coefficient (Wildman–Crippen LogP) is 8.22. The van der Waals surface area contributed by atoms with Crippen LogP contribution in [0.4, 0.5) is 5.69 Å².